The van der Waals surface area contributed by atoms with Crippen molar-refractivity contribution < 1.29 is 14.3 Å². The molecule has 0 bridgehead atoms. The monoisotopic (exact) mass is 383 g/mol. The Morgan fingerprint density at radius 3 is 2.64 bits per heavy atom. The summed E-state index contributed by atoms with van der Waals surface area (Å²) in [6.45, 7) is 2.36. The molecule has 1 N–H and O–H groups in total. The molecule has 1 saturated heterocycles. The van der Waals surface area contributed by atoms with Crippen LogP contribution in [0.3, 0.4) is 0 Å². The average Bonchev–Trinajstić information content (AvgIpc) is 3.20. The van der Waals surface area contributed by atoms with Gasteiger partial charge in [0, 0.05) is 39.6 Å². The molecule has 0 unspecified atom stereocenters. The highest BCUT2D eigenvalue weighted by atomic mass is 16.7. The van der Waals surface area contributed by atoms with E-state index in [-0.39, 0.29) is 18.6 Å². The number of hydrogen-bond donors (Lipinski definition) is 1. The largest absolute Gasteiger partial charge is 0.454 e. The Labute approximate surface area is 164 Å². The number of piperidine rings is 1. The molecule has 8 nitrogen and oxygen atoms in total. The second-order valence-electron chi connectivity index (χ2n) is 7.31. The van der Waals surface area contributed by atoms with Gasteiger partial charge in [-0.3, -0.25) is 4.79 Å². The minimum atomic E-state index is 0.0271. The van der Waals surface area contributed by atoms with Gasteiger partial charge in [0.1, 0.15) is 0 Å². The minimum Gasteiger partial charge on any atom is -0.454 e. The molecule has 2 aliphatic heterocycles. The van der Waals surface area contributed by atoms with Crippen molar-refractivity contribution in [3.63, 3.8) is 0 Å². The van der Waals surface area contributed by atoms with Crippen LogP contribution in [-0.2, 0) is 11.3 Å². The Balaban J connectivity index is 1.27. The SMILES string of the molecule is CN(C)c1ccc(N2CCC(C(=O)NCc3ccc4c(c3)OCO4)CC2)nn1. The van der Waals surface area contributed by atoms with Crippen LogP contribution in [0.1, 0.15) is 18.4 Å². The third-order valence-corrected chi connectivity index (χ3v) is 5.19. The number of anilines is 2. The second kappa shape index (κ2) is 7.92. The van der Waals surface area contributed by atoms with E-state index in [4.69, 9.17) is 9.47 Å². The van der Waals surface area contributed by atoms with Gasteiger partial charge in [0.05, 0.1) is 0 Å². The lowest BCUT2D eigenvalue weighted by Crippen LogP contribution is -2.40. The predicted octanol–water partition coefficient (Wildman–Crippen LogP) is 1.80. The zero-order valence-corrected chi connectivity index (χ0v) is 16.2. The van der Waals surface area contributed by atoms with Crippen LogP contribution >= 0.6 is 0 Å². The number of benzene rings is 1. The standard InChI is InChI=1S/C20H25N5O3/c1-24(2)18-5-6-19(23-22-18)25-9-7-15(8-10-25)20(26)21-12-14-3-4-16-17(11-14)28-13-27-16/h3-6,11,15H,7-10,12-13H2,1-2H3,(H,21,26). The number of hydrogen-bond acceptors (Lipinski definition) is 7. The van der Waals surface area contributed by atoms with Crippen molar-refractivity contribution >= 4 is 17.5 Å². The zero-order chi connectivity index (χ0) is 19.5. The fourth-order valence-corrected chi connectivity index (χ4v) is 3.48. The minimum absolute atomic E-state index is 0.0271. The molecule has 0 atom stereocenters. The Morgan fingerprint density at radius 2 is 1.93 bits per heavy atom. The van der Waals surface area contributed by atoms with Gasteiger partial charge in [0.25, 0.3) is 0 Å². The lowest BCUT2D eigenvalue weighted by atomic mass is 9.96. The third-order valence-electron chi connectivity index (χ3n) is 5.19. The van der Waals surface area contributed by atoms with Crippen LogP contribution < -0.4 is 24.6 Å². The molecule has 0 radical (unpaired) electrons. The summed E-state index contributed by atoms with van der Waals surface area (Å²) < 4.78 is 10.7. The molecular formula is C20H25N5O3. The number of carbonyl (C=O) groups is 1. The Morgan fingerprint density at radius 1 is 1.14 bits per heavy atom. The smallest absolute Gasteiger partial charge is 0.231 e. The Hall–Kier alpha value is -3.03. The molecule has 1 aromatic carbocycles. The summed E-state index contributed by atoms with van der Waals surface area (Å²) in [4.78, 5) is 16.7. The molecule has 1 fully saturated rings. The molecular weight excluding hydrogens is 358 g/mol. The van der Waals surface area contributed by atoms with Crippen molar-refractivity contribution in [3.8, 4) is 11.5 Å². The topological polar surface area (TPSA) is 79.8 Å². The van der Waals surface area contributed by atoms with E-state index in [0.717, 1.165) is 54.6 Å². The normalized spacial score (nSPS) is 16.1. The van der Waals surface area contributed by atoms with Crippen molar-refractivity contribution in [3.05, 3.63) is 35.9 Å². The van der Waals surface area contributed by atoms with E-state index in [1.165, 1.54) is 0 Å². The van der Waals surface area contributed by atoms with Gasteiger partial charge in [0.15, 0.2) is 23.1 Å². The van der Waals surface area contributed by atoms with Crippen molar-refractivity contribution in [2.45, 2.75) is 19.4 Å². The third kappa shape index (κ3) is 3.95. The van der Waals surface area contributed by atoms with Crippen LogP contribution in [0.25, 0.3) is 0 Å². The van der Waals surface area contributed by atoms with Crippen LogP contribution in [0.4, 0.5) is 11.6 Å². The van der Waals surface area contributed by atoms with E-state index >= 15 is 0 Å². The maximum Gasteiger partial charge on any atom is 0.231 e. The number of amides is 1. The number of nitrogens with one attached hydrogen (secondary N) is 1. The van der Waals surface area contributed by atoms with E-state index in [1.807, 2.05) is 49.3 Å². The number of nitrogens with zero attached hydrogens (tertiary/aromatic N) is 4. The van der Waals surface area contributed by atoms with Crippen molar-refractivity contribution in [2.24, 2.45) is 5.92 Å². The van der Waals surface area contributed by atoms with Gasteiger partial charge in [0.2, 0.25) is 12.7 Å². The highest BCUT2D eigenvalue weighted by Crippen LogP contribution is 2.32. The number of fused-ring (bicyclic) bond motifs is 1. The molecule has 0 saturated carbocycles. The summed E-state index contributed by atoms with van der Waals surface area (Å²) in [5.74, 6) is 3.32. The molecule has 0 aliphatic carbocycles. The molecule has 3 heterocycles. The van der Waals surface area contributed by atoms with E-state index in [0.29, 0.717) is 6.54 Å². The molecule has 0 spiro atoms. The molecule has 1 aromatic heterocycles. The predicted molar refractivity (Wildman–Crippen MR) is 106 cm³/mol. The molecule has 4 rings (SSSR count). The first-order valence-electron chi connectivity index (χ1n) is 9.52. The van der Waals surface area contributed by atoms with Gasteiger partial charge in [-0.05, 0) is 42.7 Å². The summed E-state index contributed by atoms with van der Waals surface area (Å²) in [6.07, 6.45) is 1.62. The first-order valence-corrected chi connectivity index (χ1v) is 9.52. The Bertz CT molecular complexity index is 832. The van der Waals surface area contributed by atoms with Gasteiger partial charge >= 0.3 is 0 Å². The highest BCUT2D eigenvalue weighted by molar-refractivity contribution is 5.79. The van der Waals surface area contributed by atoms with Crippen LogP contribution in [-0.4, -0.2) is 50.1 Å². The molecule has 8 heteroatoms. The molecule has 148 valence electrons. The summed E-state index contributed by atoms with van der Waals surface area (Å²) in [5, 5.41) is 11.6. The van der Waals surface area contributed by atoms with Crippen LogP contribution in [0, 0.1) is 5.92 Å². The van der Waals surface area contributed by atoms with Crippen LogP contribution in [0.5, 0.6) is 11.5 Å². The van der Waals surface area contributed by atoms with Crippen molar-refractivity contribution in [1.82, 2.24) is 15.5 Å². The quantitative estimate of drug-likeness (QED) is 0.843. The first kappa shape index (κ1) is 18.3. The van der Waals surface area contributed by atoms with Gasteiger partial charge < -0.3 is 24.6 Å². The summed E-state index contributed by atoms with van der Waals surface area (Å²) in [6, 6.07) is 9.70. The number of aromatic nitrogens is 2. The van der Waals surface area contributed by atoms with Gasteiger partial charge in [-0.2, -0.15) is 0 Å². The maximum atomic E-state index is 12.5. The summed E-state index contributed by atoms with van der Waals surface area (Å²) in [7, 11) is 3.88. The molecule has 1 amide bonds. The second-order valence-corrected chi connectivity index (χ2v) is 7.31. The van der Waals surface area contributed by atoms with E-state index in [9.17, 15) is 4.79 Å². The fraction of sp³-hybridized carbons (Fsp3) is 0.450. The maximum absolute atomic E-state index is 12.5. The molecule has 2 aromatic rings. The Kier molecular flexibility index (Phi) is 5.18. The van der Waals surface area contributed by atoms with E-state index < -0.39 is 0 Å². The number of rotatable bonds is 5. The van der Waals surface area contributed by atoms with E-state index in [2.05, 4.69) is 20.4 Å². The number of ether oxygens (including phenoxy) is 2. The lowest BCUT2D eigenvalue weighted by Gasteiger charge is -2.32. The zero-order valence-electron chi connectivity index (χ0n) is 16.2. The van der Waals surface area contributed by atoms with Gasteiger partial charge in [-0.1, -0.05) is 6.07 Å². The highest BCUT2D eigenvalue weighted by Gasteiger charge is 2.26. The average molecular weight is 383 g/mol. The lowest BCUT2D eigenvalue weighted by molar-refractivity contribution is -0.125. The van der Waals surface area contributed by atoms with Crippen molar-refractivity contribution in [2.75, 3.05) is 43.8 Å². The van der Waals surface area contributed by atoms with Crippen LogP contribution in [0.15, 0.2) is 30.3 Å². The van der Waals surface area contributed by atoms with Gasteiger partial charge in [-0.15, -0.1) is 10.2 Å². The molecule has 2 aliphatic rings. The van der Waals surface area contributed by atoms with E-state index in [1.54, 1.807) is 0 Å². The molecule has 28 heavy (non-hydrogen) atoms. The van der Waals surface area contributed by atoms with Crippen LogP contribution in [0.2, 0.25) is 0 Å². The fourth-order valence-electron chi connectivity index (χ4n) is 3.48. The summed E-state index contributed by atoms with van der Waals surface area (Å²) >= 11 is 0. The van der Waals surface area contributed by atoms with Gasteiger partial charge in [-0.25, -0.2) is 0 Å². The summed E-state index contributed by atoms with van der Waals surface area (Å²) in [5.41, 5.74) is 1.01. The van der Waals surface area contributed by atoms with Crippen molar-refractivity contribution in [1.29, 1.82) is 0 Å². The first-order chi connectivity index (χ1) is 13.6. The number of carbonyl (C=O) groups excluding carboxylic acids is 1.